The molecule has 9 heteroatoms. The van der Waals surface area contributed by atoms with Crippen LogP contribution in [-0.2, 0) is 23.9 Å². The summed E-state index contributed by atoms with van der Waals surface area (Å²) >= 11 is 0. The Morgan fingerprint density at radius 1 is 1.26 bits per heavy atom. The Bertz CT molecular complexity index is 849. The quantitative estimate of drug-likeness (QED) is 0.780. The smallest absolute Gasteiger partial charge is 0.348 e. The van der Waals surface area contributed by atoms with Crippen molar-refractivity contribution >= 4 is 5.91 Å². The standard InChI is InChI=1S/C18H18F4N4O/c1-11-6-14(18(20,21)22)26-15(25-11)8-24-16(27)17(9-23-10-17)7-12-4-2-3-5-13(12)19/h2-6,23H,7-10H2,1H3,(H,24,27). The van der Waals surface area contributed by atoms with Crippen molar-refractivity contribution in [3.8, 4) is 0 Å². The van der Waals surface area contributed by atoms with Crippen LogP contribution in [0.1, 0.15) is 22.8 Å². The van der Waals surface area contributed by atoms with Gasteiger partial charge in [-0.25, -0.2) is 14.4 Å². The molecule has 1 aromatic carbocycles. The summed E-state index contributed by atoms with van der Waals surface area (Å²) in [7, 11) is 0. The highest BCUT2D eigenvalue weighted by molar-refractivity contribution is 5.84. The van der Waals surface area contributed by atoms with E-state index in [1.807, 2.05) is 0 Å². The summed E-state index contributed by atoms with van der Waals surface area (Å²) in [5.41, 5.74) is -1.32. The van der Waals surface area contributed by atoms with Crippen LogP contribution in [0.2, 0.25) is 0 Å². The largest absolute Gasteiger partial charge is 0.433 e. The number of rotatable bonds is 5. The Balaban J connectivity index is 1.71. The number of nitrogens with zero attached hydrogens (tertiary/aromatic N) is 2. The van der Waals surface area contributed by atoms with Crippen molar-refractivity contribution in [2.45, 2.75) is 26.1 Å². The summed E-state index contributed by atoms with van der Waals surface area (Å²) in [6.07, 6.45) is -4.39. The molecule has 144 valence electrons. The molecule has 1 aromatic heterocycles. The Hall–Kier alpha value is -2.55. The molecule has 0 spiro atoms. The molecule has 1 aliphatic heterocycles. The molecule has 27 heavy (non-hydrogen) atoms. The monoisotopic (exact) mass is 382 g/mol. The molecule has 2 aromatic rings. The van der Waals surface area contributed by atoms with E-state index in [1.165, 1.54) is 13.0 Å². The molecule has 0 unspecified atom stereocenters. The first kappa shape index (κ1) is 19.2. The number of amides is 1. The molecule has 2 heterocycles. The second-order valence-corrected chi connectivity index (χ2v) is 6.64. The zero-order valence-corrected chi connectivity index (χ0v) is 14.5. The number of carbonyl (C=O) groups is 1. The third-order valence-electron chi connectivity index (χ3n) is 4.49. The predicted molar refractivity (Wildman–Crippen MR) is 89.0 cm³/mol. The van der Waals surface area contributed by atoms with Gasteiger partial charge in [-0.05, 0) is 31.0 Å². The van der Waals surface area contributed by atoms with Crippen LogP contribution >= 0.6 is 0 Å². The number of hydrogen-bond acceptors (Lipinski definition) is 4. The van der Waals surface area contributed by atoms with E-state index in [9.17, 15) is 22.4 Å². The van der Waals surface area contributed by atoms with Crippen molar-refractivity contribution in [2.75, 3.05) is 13.1 Å². The molecule has 0 aliphatic carbocycles. The van der Waals surface area contributed by atoms with Gasteiger partial charge in [-0.1, -0.05) is 18.2 Å². The van der Waals surface area contributed by atoms with Crippen LogP contribution in [0.3, 0.4) is 0 Å². The lowest BCUT2D eigenvalue weighted by atomic mass is 9.75. The number of hydrogen-bond donors (Lipinski definition) is 2. The maximum atomic E-state index is 13.9. The molecule has 2 N–H and O–H groups in total. The summed E-state index contributed by atoms with van der Waals surface area (Å²) in [5, 5.41) is 5.59. The van der Waals surface area contributed by atoms with Gasteiger partial charge < -0.3 is 10.6 Å². The van der Waals surface area contributed by atoms with Crippen molar-refractivity contribution in [3.05, 3.63) is 58.9 Å². The number of carbonyl (C=O) groups excluding carboxylic acids is 1. The summed E-state index contributed by atoms with van der Waals surface area (Å²) in [5.74, 6) is -0.888. The lowest BCUT2D eigenvalue weighted by molar-refractivity contribution is -0.141. The molecule has 1 fully saturated rings. The van der Waals surface area contributed by atoms with Crippen molar-refractivity contribution in [3.63, 3.8) is 0 Å². The molecule has 1 amide bonds. The second-order valence-electron chi connectivity index (χ2n) is 6.64. The molecular formula is C18H18F4N4O. The van der Waals surface area contributed by atoms with Gasteiger partial charge in [-0.3, -0.25) is 4.79 Å². The van der Waals surface area contributed by atoms with E-state index in [1.54, 1.807) is 18.2 Å². The first-order chi connectivity index (χ1) is 12.7. The summed E-state index contributed by atoms with van der Waals surface area (Å²) < 4.78 is 52.5. The first-order valence-electron chi connectivity index (χ1n) is 8.34. The highest BCUT2D eigenvalue weighted by atomic mass is 19.4. The minimum Gasteiger partial charge on any atom is -0.348 e. The highest BCUT2D eigenvalue weighted by Gasteiger charge is 2.44. The summed E-state index contributed by atoms with van der Waals surface area (Å²) in [6, 6.07) is 7.04. The Labute approximate surface area is 153 Å². The average Bonchev–Trinajstić information content (AvgIpc) is 2.56. The van der Waals surface area contributed by atoms with Gasteiger partial charge >= 0.3 is 6.18 Å². The minimum absolute atomic E-state index is 0.121. The number of aromatic nitrogens is 2. The highest BCUT2D eigenvalue weighted by Crippen LogP contribution is 2.30. The van der Waals surface area contributed by atoms with E-state index < -0.39 is 23.1 Å². The molecule has 0 radical (unpaired) electrons. The van der Waals surface area contributed by atoms with E-state index in [2.05, 4.69) is 20.6 Å². The SMILES string of the molecule is Cc1cc(C(F)(F)F)nc(CNC(=O)C2(Cc3ccccc3F)CNC2)n1. The van der Waals surface area contributed by atoms with Gasteiger partial charge in [-0.2, -0.15) is 13.2 Å². The Morgan fingerprint density at radius 3 is 2.56 bits per heavy atom. The fraction of sp³-hybridized carbons (Fsp3) is 0.389. The van der Waals surface area contributed by atoms with Crippen molar-refractivity contribution in [1.29, 1.82) is 0 Å². The fourth-order valence-electron chi connectivity index (χ4n) is 3.00. The maximum absolute atomic E-state index is 13.9. The van der Waals surface area contributed by atoms with E-state index in [0.717, 1.165) is 6.07 Å². The zero-order valence-electron chi connectivity index (χ0n) is 14.5. The molecule has 0 bridgehead atoms. The number of halogens is 4. The lowest BCUT2D eigenvalue weighted by Gasteiger charge is -2.41. The molecule has 1 saturated heterocycles. The van der Waals surface area contributed by atoms with Crippen LogP contribution in [0.4, 0.5) is 17.6 Å². The number of alkyl halides is 3. The second kappa shape index (κ2) is 7.22. The third-order valence-corrected chi connectivity index (χ3v) is 4.49. The predicted octanol–water partition coefficient (Wildman–Crippen LogP) is 2.39. The van der Waals surface area contributed by atoms with Crippen LogP contribution in [-0.4, -0.2) is 29.0 Å². The van der Waals surface area contributed by atoms with Crippen molar-refractivity contribution < 1.29 is 22.4 Å². The van der Waals surface area contributed by atoms with Gasteiger partial charge in [0.15, 0.2) is 0 Å². The number of nitrogens with one attached hydrogen (secondary N) is 2. The molecule has 1 aliphatic rings. The third kappa shape index (κ3) is 4.24. The van der Waals surface area contributed by atoms with E-state index in [4.69, 9.17) is 0 Å². The van der Waals surface area contributed by atoms with Gasteiger partial charge in [0.1, 0.15) is 17.3 Å². The number of benzene rings is 1. The topological polar surface area (TPSA) is 66.9 Å². The van der Waals surface area contributed by atoms with Crippen LogP contribution in [0.15, 0.2) is 30.3 Å². The Morgan fingerprint density at radius 2 is 1.96 bits per heavy atom. The minimum atomic E-state index is -4.59. The molecular weight excluding hydrogens is 364 g/mol. The Kier molecular flexibility index (Phi) is 5.14. The lowest BCUT2D eigenvalue weighted by Crippen LogP contribution is -2.62. The van der Waals surface area contributed by atoms with Crippen molar-refractivity contribution in [2.24, 2.45) is 5.41 Å². The number of aryl methyl sites for hydroxylation is 1. The van der Waals surface area contributed by atoms with Crippen LogP contribution in [0, 0.1) is 18.2 Å². The normalized spacial score (nSPS) is 15.9. The maximum Gasteiger partial charge on any atom is 0.433 e. The first-order valence-corrected chi connectivity index (χ1v) is 8.34. The van der Waals surface area contributed by atoms with Crippen LogP contribution in [0.5, 0.6) is 0 Å². The fourth-order valence-corrected chi connectivity index (χ4v) is 3.00. The molecule has 0 atom stereocenters. The molecule has 3 rings (SSSR count). The zero-order chi connectivity index (χ0) is 19.7. The van der Waals surface area contributed by atoms with Gasteiger partial charge in [0.2, 0.25) is 5.91 Å². The van der Waals surface area contributed by atoms with Crippen molar-refractivity contribution in [1.82, 2.24) is 20.6 Å². The van der Waals surface area contributed by atoms with Gasteiger partial charge in [0, 0.05) is 18.8 Å². The van der Waals surface area contributed by atoms with Crippen LogP contribution in [0.25, 0.3) is 0 Å². The van der Waals surface area contributed by atoms with Gasteiger partial charge in [0.05, 0.1) is 12.0 Å². The summed E-state index contributed by atoms with van der Waals surface area (Å²) in [4.78, 5) is 20.1. The molecule has 5 nitrogen and oxygen atoms in total. The van der Waals surface area contributed by atoms with E-state index in [-0.39, 0.29) is 30.4 Å². The average molecular weight is 382 g/mol. The van der Waals surface area contributed by atoms with Gasteiger partial charge in [0.25, 0.3) is 0 Å². The molecule has 0 saturated carbocycles. The van der Waals surface area contributed by atoms with E-state index >= 15 is 0 Å². The van der Waals surface area contributed by atoms with Gasteiger partial charge in [-0.15, -0.1) is 0 Å². The summed E-state index contributed by atoms with van der Waals surface area (Å²) in [6.45, 7) is 1.91. The van der Waals surface area contributed by atoms with Crippen LogP contribution < -0.4 is 10.6 Å². The van der Waals surface area contributed by atoms with E-state index in [0.29, 0.717) is 18.7 Å².